The fourth-order valence-electron chi connectivity index (χ4n) is 7.23. The van der Waals surface area contributed by atoms with Gasteiger partial charge in [-0.25, -0.2) is 0 Å². The molecule has 0 saturated heterocycles. The van der Waals surface area contributed by atoms with E-state index in [0.717, 1.165) is 96.3 Å². The summed E-state index contributed by atoms with van der Waals surface area (Å²) in [6.45, 7) is 4.18. The Morgan fingerprint density at radius 1 is 0.397 bits per heavy atom. The van der Waals surface area contributed by atoms with Crippen molar-refractivity contribution < 1.29 is 15.0 Å². The highest BCUT2D eigenvalue weighted by atomic mass is 16.3. The van der Waals surface area contributed by atoms with E-state index in [9.17, 15) is 15.0 Å². The Kier molecular flexibility index (Phi) is 50.4. The summed E-state index contributed by atoms with van der Waals surface area (Å²) in [6, 6.07) is -0.642. The van der Waals surface area contributed by atoms with Crippen LogP contribution in [-0.4, -0.2) is 34.9 Å². The first-order chi connectivity index (χ1) is 31.2. The largest absolute Gasteiger partial charge is 0.394 e. The maximum Gasteiger partial charge on any atom is 0.220 e. The lowest BCUT2D eigenvalue weighted by atomic mass is 10.0. The normalized spacial score (nSPS) is 13.9. The average molecular weight is 870 g/mol. The molecular weight excluding hydrogens is 771 g/mol. The summed E-state index contributed by atoms with van der Waals surface area (Å²) in [5.41, 5.74) is 0. The van der Waals surface area contributed by atoms with E-state index >= 15 is 0 Å². The summed E-state index contributed by atoms with van der Waals surface area (Å²) in [6.07, 6.45) is 81.8. The first kappa shape index (κ1) is 59.8. The molecular formula is C59H99NO3. The summed E-state index contributed by atoms with van der Waals surface area (Å²) >= 11 is 0. The van der Waals surface area contributed by atoms with E-state index < -0.39 is 12.1 Å². The van der Waals surface area contributed by atoms with E-state index in [1.807, 2.05) is 6.08 Å². The van der Waals surface area contributed by atoms with Gasteiger partial charge in [-0.2, -0.15) is 0 Å². The molecule has 358 valence electrons. The van der Waals surface area contributed by atoms with Crippen LogP contribution < -0.4 is 5.32 Å². The minimum absolute atomic E-state index is 0.0873. The number of allylic oxidation sites excluding steroid dienone is 19. The van der Waals surface area contributed by atoms with E-state index in [1.165, 1.54) is 109 Å². The van der Waals surface area contributed by atoms with E-state index in [4.69, 9.17) is 0 Å². The molecule has 0 spiro atoms. The Labute approximate surface area is 390 Å². The molecule has 0 aliphatic carbocycles. The van der Waals surface area contributed by atoms with Crippen LogP contribution in [0.3, 0.4) is 0 Å². The number of carbonyl (C=O) groups is 1. The quantitative estimate of drug-likeness (QED) is 0.0422. The average Bonchev–Trinajstić information content (AvgIpc) is 3.29. The highest BCUT2D eigenvalue weighted by molar-refractivity contribution is 5.76. The second kappa shape index (κ2) is 53.1. The number of hydrogen-bond donors (Lipinski definition) is 3. The van der Waals surface area contributed by atoms with Gasteiger partial charge in [0.2, 0.25) is 5.91 Å². The molecule has 0 radical (unpaired) electrons. The van der Waals surface area contributed by atoms with Gasteiger partial charge in [0.1, 0.15) is 0 Å². The Morgan fingerprint density at radius 3 is 1.05 bits per heavy atom. The molecule has 2 unspecified atom stereocenters. The Bertz CT molecular complexity index is 1260. The van der Waals surface area contributed by atoms with Crippen molar-refractivity contribution in [2.24, 2.45) is 0 Å². The summed E-state index contributed by atoms with van der Waals surface area (Å²) in [5.74, 6) is -0.0873. The van der Waals surface area contributed by atoms with Crippen LogP contribution in [0.2, 0.25) is 0 Å². The number of aliphatic hydroxyl groups excluding tert-OH is 2. The van der Waals surface area contributed by atoms with Gasteiger partial charge in [0, 0.05) is 6.42 Å². The highest BCUT2D eigenvalue weighted by Crippen LogP contribution is 2.15. The van der Waals surface area contributed by atoms with Crippen molar-refractivity contribution in [1.29, 1.82) is 0 Å². The van der Waals surface area contributed by atoms with Gasteiger partial charge >= 0.3 is 0 Å². The monoisotopic (exact) mass is 870 g/mol. The van der Waals surface area contributed by atoms with Crippen LogP contribution in [0, 0.1) is 0 Å². The fourth-order valence-corrected chi connectivity index (χ4v) is 7.23. The van der Waals surface area contributed by atoms with Crippen LogP contribution in [0.1, 0.15) is 226 Å². The second-order valence-electron chi connectivity index (χ2n) is 17.2. The number of hydrogen-bond acceptors (Lipinski definition) is 3. The lowest BCUT2D eigenvalue weighted by Gasteiger charge is -2.20. The Balaban J connectivity index is 3.68. The minimum atomic E-state index is -0.856. The number of amides is 1. The van der Waals surface area contributed by atoms with Crippen molar-refractivity contribution in [1.82, 2.24) is 5.32 Å². The van der Waals surface area contributed by atoms with Crippen LogP contribution >= 0.6 is 0 Å². The van der Waals surface area contributed by atoms with E-state index in [1.54, 1.807) is 6.08 Å². The Morgan fingerprint density at radius 2 is 0.698 bits per heavy atom. The standard InChI is InChI=1S/C59H99NO3/c1-3-5-7-9-11-13-15-17-19-21-23-24-25-26-27-28-29-30-31-32-33-34-35-36-37-39-41-43-45-47-49-51-53-55-59(63)60-57(56-61)58(62)54-52-50-48-46-44-42-40-38-22-20-18-16-14-12-10-8-6-4-2/h5,7,11,13,17,19,23-24,26-27,29-30,32-33,35-36,39,41,52,54,57-58,61-62H,3-4,6,8-10,12,14-16,18,20-22,25,28,31,34,37-38,40,42-51,53,55-56H2,1-2H3,(H,60,63)/b7-5-,13-11-,19-17-,24-23-,27-26-,30-29-,33-32-,36-35-,41-39-,54-52+. The molecule has 0 aliphatic heterocycles. The van der Waals surface area contributed by atoms with Crippen molar-refractivity contribution in [3.63, 3.8) is 0 Å². The predicted molar refractivity (Wildman–Crippen MR) is 280 cm³/mol. The van der Waals surface area contributed by atoms with Gasteiger partial charge in [-0.1, -0.05) is 251 Å². The fraction of sp³-hybridized carbons (Fsp3) is 0.644. The molecule has 4 heteroatoms. The molecule has 3 N–H and O–H groups in total. The van der Waals surface area contributed by atoms with Gasteiger partial charge in [0.05, 0.1) is 18.8 Å². The summed E-state index contributed by atoms with van der Waals surface area (Å²) in [7, 11) is 0. The lowest BCUT2D eigenvalue weighted by Crippen LogP contribution is -2.45. The van der Waals surface area contributed by atoms with Crippen molar-refractivity contribution in [3.8, 4) is 0 Å². The number of aliphatic hydroxyl groups is 2. The van der Waals surface area contributed by atoms with Gasteiger partial charge in [-0.05, 0) is 89.9 Å². The number of unbranched alkanes of at least 4 members (excludes halogenated alkanes) is 21. The van der Waals surface area contributed by atoms with E-state index in [-0.39, 0.29) is 12.5 Å². The van der Waals surface area contributed by atoms with Crippen molar-refractivity contribution >= 4 is 5.91 Å². The topological polar surface area (TPSA) is 69.6 Å². The van der Waals surface area contributed by atoms with Gasteiger partial charge in [-0.3, -0.25) is 4.79 Å². The van der Waals surface area contributed by atoms with Crippen LogP contribution in [-0.2, 0) is 4.79 Å². The SMILES string of the molecule is CC/C=C\C/C=C\C/C=C\C/C=C\C/C=C\C/C=C\C/C=C\C/C=C\C/C=C\CCCCCCCC(=O)NC(CO)C(O)/C=C/CCCCCCCCCCCCCCCCCC. The van der Waals surface area contributed by atoms with Crippen molar-refractivity contribution in [2.45, 2.75) is 238 Å². The zero-order valence-electron chi connectivity index (χ0n) is 41.0. The third kappa shape index (κ3) is 49.7. The van der Waals surface area contributed by atoms with Crippen molar-refractivity contribution in [3.05, 3.63) is 122 Å². The molecule has 4 nitrogen and oxygen atoms in total. The third-order valence-corrected chi connectivity index (χ3v) is 11.2. The van der Waals surface area contributed by atoms with E-state index in [2.05, 4.69) is 129 Å². The maximum absolute atomic E-state index is 12.4. The molecule has 63 heavy (non-hydrogen) atoms. The molecule has 0 bridgehead atoms. The Hall–Kier alpha value is -3.21. The number of nitrogens with one attached hydrogen (secondary N) is 1. The third-order valence-electron chi connectivity index (χ3n) is 11.2. The van der Waals surface area contributed by atoms with Crippen molar-refractivity contribution in [2.75, 3.05) is 6.61 Å². The van der Waals surface area contributed by atoms with Gasteiger partial charge in [-0.15, -0.1) is 0 Å². The summed E-state index contributed by atoms with van der Waals surface area (Å²) in [4.78, 5) is 12.4. The molecule has 0 heterocycles. The molecule has 0 aromatic carbocycles. The zero-order valence-corrected chi connectivity index (χ0v) is 41.0. The van der Waals surface area contributed by atoms with Crippen LogP contribution in [0.25, 0.3) is 0 Å². The lowest BCUT2D eigenvalue weighted by molar-refractivity contribution is -0.123. The molecule has 0 rings (SSSR count). The summed E-state index contributed by atoms with van der Waals surface area (Å²) in [5, 5.41) is 23.1. The molecule has 0 fully saturated rings. The van der Waals surface area contributed by atoms with E-state index in [0.29, 0.717) is 6.42 Å². The number of rotatable bonds is 46. The molecule has 0 aromatic heterocycles. The minimum Gasteiger partial charge on any atom is -0.394 e. The molecule has 1 amide bonds. The predicted octanol–water partition coefficient (Wildman–Crippen LogP) is 17.3. The van der Waals surface area contributed by atoms with Crippen LogP contribution in [0.4, 0.5) is 0 Å². The summed E-state index contributed by atoms with van der Waals surface area (Å²) < 4.78 is 0. The van der Waals surface area contributed by atoms with Gasteiger partial charge in [0.25, 0.3) is 0 Å². The molecule has 0 aliphatic rings. The molecule has 0 aromatic rings. The smallest absolute Gasteiger partial charge is 0.220 e. The van der Waals surface area contributed by atoms with Gasteiger partial charge in [0.15, 0.2) is 0 Å². The first-order valence-corrected chi connectivity index (χ1v) is 26.2. The van der Waals surface area contributed by atoms with Crippen LogP contribution in [0.5, 0.6) is 0 Å². The van der Waals surface area contributed by atoms with Gasteiger partial charge < -0.3 is 15.5 Å². The first-order valence-electron chi connectivity index (χ1n) is 26.2. The zero-order chi connectivity index (χ0) is 45.6. The highest BCUT2D eigenvalue weighted by Gasteiger charge is 2.17. The maximum atomic E-state index is 12.4. The molecule has 0 saturated carbocycles. The second-order valence-corrected chi connectivity index (χ2v) is 17.2. The number of carbonyl (C=O) groups excluding carboxylic acids is 1. The van der Waals surface area contributed by atoms with Crippen LogP contribution in [0.15, 0.2) is 122 Å². The molecule has 2 atom stereocenters.